The number of nitrogens with zero attached hydrogens (tertiary/aromatic N) is 1. The van der Waals surface area contributed by atoms with Gasteiger partial charge in [-0.05, 0) is 49.2 Å². The molecule has 0 saturated carbocycles. The summed E-state index contributed by atoms with van der Waals surface area (Å²) < 4.78 is 29.0. The molecule has 0 spiro atoms. The van der Waals surface area contributed by atoms with Crippen molar-refractivity contribution in [2.24, 2.45) is 0 Å². The molecule has 2 aromatic rings. The highest BCUT2D eigenvalue weighted by Gasteiger charge is 2.33. The van der Waals surface area contributed by atoms with Gasteiger partial charge in [-0.2, -0.15) is 0 Å². The van der Waals surface area contributed by atoms with E-state index in [9.17, 15) is 13.2 Å². The Morgan fingerprint density at radius 3 is 2.81 bits per heavy atom. The average molecular weight is 397 g/mol. The molecule has 1 N–H and O–H groups in total. The number of rotatable bonds is 6. The fourth-order valence-corrected chi connectivity index (χ4v) is 5.11. The summed E-state index contributed by atoms with van der Waals surface area (Å²) in [5.74, 6) is 0.724. The Morgan fingerprint density at radius 2 is 2.19 bits per heavy atom. The summed E-state index contributed by atoms with van der Waals surface area (Å²) in [6.45, 7) is 2.34. The van der Waals surface area contributed by atoms with Gasteiger partial charge in [0.2, 0.25) is 5.91 Å². The van der Waals surface area contributed by atoms with Crippen molar-refractivity contribution in [1.29, 1.82) is 0 Å². The molecule has 3 rings (SSSR count). The smallest absolute Gasteiger partial charge is 0.238 e. The lowest BCUT2D eigenvalue weighted by Crippen LogP contribution is -2.41. The number of halogens is 1. The van der Waals surface area contributed by atoms with E-state index < -0.39 is 9.84 Å². The predicted molar refractivity (Wildman–Crippen MR) is 101 cm³/mol. The first kappa shape index (κ1) is 18.9. The van der Waals surface area contributed by atoms with Gasteiger partial charge in [0.15, 0.2) is 9.84 Å². The first-order valence-electron chi connectivity index (χ1n) is 8.35. The molecule has 1 aliphatic heterocycles. The monoisotopic (exact) mass is 396 g/mol. The molecule has 0 radical (unpaired) electrons. The van der Waals surface area contributed by atoms with Crippen LogP contribution in [0.3, 0.4) is 0 Å². The Hall–Kier alpha value is -1.83. The zero-order valence-corrected chi connectivity index (χ0v) is 16.0. The summed E-state index contributed by atoms with van der Waals surface area (Å²) in [4.78, 5) is 14.4. The van der Waals surface area contributed by atoms with Gasteiger partial charge in [0.25, 0.3) is 0 Å². The van der Waals surface area contributed by atoms with Crippen LogP contribution in [0.15, 0.2) is 41.0 Å². The van der Waals surface area contributed by atoms with Crippen LogP contribution in [0.4, 0.5) is 5.69 Å². The molecule has 0 unspecified atom stereocenters. The van der Waals surface area contributed by atoms with Crippen molar-refractivity contribution in [3.63, 3.8) is 0 Å². The summed E-state index contributed by atoms with van der Waals surface area (Å²) in [5, 5.41) is 3.48. The Labute approximate surface area is 158 Å². The van der Waals surface area contributed by atoms with E-state index in [2.05, 4.69) is 5.32 Å². The fourth-order valence-electron chi connectivity index (χ4n) is 3.12. The summed E-state index contributed by atoms with van der Waals surface area (Å²) in [6, 6.07) is 8.65. The summed E-state index contributed by atoms with van der Waals surface area (Å²) in [5.41, 5.74) is 1.56. The topological polar surface area (TPSA) is 79.6 Å². The second-order valence-corrected chi connectivity index (χ2v) is 9.21. The van der Waals surface area contributed by atoms with Crippen molar-refractivity contribution >= 4 is 33.0 Å². The van der Waals surface area contributed by atoms with Gasteiger partial charge >= 0.3 is 0 Å². The number of carbonyl (C=O) groups is 1. The molecule has 6 nitrogen and oxygen atoms in total. The molecular formula is C18H21ClN2O4S. The quantitative estimate of drug-likeness (QED) is 0.812. The molecule has 1 saturated heterocycles. The van der Waals surface area contributed by atoms with Crippen LogP contribution in [0.1, 0.15) is 17.7 Å². The van der Waals surface area contributed by atoms with E-state index >= 15 is 0 Å². The molecule has 1 aromatic heterocycles. The first-order chi connectivity index (χ1) is 12.3. The summed E-state index contributed by atoms with van der Waals surface area (Å²) >= 11 is 5.94. The molecule has 1 aromatic carbocycles. The van der Waals surface area contributed by atoms with Crippen LogP contribution in [0, 0.1) is 6.92 Å². The SMILES string of the molecule is Cc1cc(Cl)ccc1NC(=O)CN(Cc1ccco1)[C@@H]1CCS(=O)(=O)C1. The number of aryl methyl sites for hydroxylation is 1. The molecule has 1 atom stereocenters. The van der Waals surface area contributed by atoms with E-state index in [1.807, 2.05) is 17.9 Å². The van der Waals surface area contributed by atoms with Crippen LogP contribution in [-0.2, 0) is 21.2 Å². The molecule has 2 heterocycles. The highest BCUT2D eigenvalue weighted by atomic mass is 35.5. The first-order valence-corrected chi connectivity index (χ1v) is 10.6. The predicted octanol–water partition coefficient (Wildman–Crippen LogP) is 2.87. The molecule has 8 heteroatoms. The maximum Gasteiger partial charge on any atom is 0.238 e. The third-order valence-corrected chi connectivity index (χ3v) is 6.46. The van der Waals surface area contributed by atoms with Gasteiger partial charge < -0.3 is 9.73 Å². The van der Waals surface area contributed by atoms with Crippen molar-refractivity contribution in [3.8, 4) is 0 Å². The highest BCUT2D eigenvalue weighted by Crippen LogP contribution is 2.22. The zero-order valence-electron chi connectivity index (χ0n) is 14.4. The van der Waals surface area contributed by atoms with Gasteiger partial charge in [-0.25, -0.2) is 8.42 Å². The van der Waals surface area contributed by atoms with Crippen LogP contribution in [0.25, 0.3) is 0 Å². The standard InChI is InChI=1S/C18H21ClN2O4S/c1-13-9-14(19)4-5-17(13)20-18(22)11-21(10-16-3-2-7-25-16)15-6-8-26(23,24)12-15/h2-5,7,9,15H,6,8,10-12H2,1H3,(H,20,22)/t15-/m1/s1. The third-order valence-electron chi connectivity index (χ3n) is 4.47. The second kappa shape index (κ2) is 7.82. The molecule has 0 aliphatic carbocycles. The lowest BCUT2D eigenvalue weighted by atomic mass is 10.2. The van der Waals surface area contributed by atoms with Crippen molar-refractivity contribution < 1.29 is 17.6 Å². The van der Waals surface area contributed by atoms with Gasteiger partial charge in [-0.3, -0.25) is 9.69 Å². The number of carbonyl (C=O) groups excluding carboxylic acids is 1. The van der Waals surface area contributed by atoms with Gasteiger partial charge in [0.05, 0.1) is 30.9 Å². The summed E-state index contributed by atoms with van der Waals surface area (Å²) in [7, 11) is -3.04. The van der Waals surface area contributed by atoms with E-state index in [1.165, 1.54) is 0 Å². The normalized spacial score (nSPS) is 19.0. The molecule has 1 amide bonds. The number of nitrogens with one attached hydrogen (secondary N) is 1. The van der Waals surface area contributed by atoms with Crippen LogP contribution in [0.5, 0.6) is 0 Å². The molecule has 26 heavy (non-hydrogen) atoms. The van der Waals surface area contributed by atoms with Crippen molar-refractivity contribution in [2.75, 3.05) is 23.4 Å². The lowest BCUT2D eigenvalue weighted by Gasteiger charge is -2.26. The number of furan rings is 1. The largest absolute Gasteiger partial charge is 0.468 e. The van der Waals surface area contributed by atoms with Crippen molar-refractivity contribution in [3.05, 3.63) is 52.9 Å². The van der Waals surface area contributed by atoms with E-state index in [-0.39, 0.29) is 30.0 Å². The molecular weight excluding hydrogens is 376 g/mol. The number of sulfone groups is 1. The molecule has 0 bridgehead atoms. The minimum atomic E-state index is -3.04. The average Bonchev–Trinajstić information content (AvgIpc) is 3.19. The van der Waals surface area contributed by atoms with Gasteiger partial charge in [-0.1, -0.05) is 11.6 Å². The third kappa shape index (κ3) is 4.87. The fraction of sp³-hybridized carbons (Fsp3) is 0.389. The lowest BCUT2D eigenvalue weighted by molar-refractivity contribution is -0.118. The number of amides is 1. The van der Waals surface area contributed by atoms with E-state index in [0.717, 1.165) is 5.56 Å². The maximum absolute atomic E-state index is 12.5. The van der Waals surface area contributed by atoms with Gasteiger partial charge in [-0.15, -0.1) is 0 Å². The minimum absolute atomic E-state index is 0.0704. The molecule has 1 fully saturated rings. The number of hydrogen-bond acceptors (Lipinski definition) is 5. The Kier molecular flexibility index (Phi) is 5.70. The minimum Gasteiger partial charge on any atom is -0.468 e. The van der Waals surface area contributed by atoms with Crippen molar-refractivity contribution in [1.82, 2.24) is 4.90 Å². The molecule has 140 valence electrons. The van der Waals surface area contributed by atoms with E-state index in [4.69, 9.17) is 16.0 Å². The maximum atomic E-state index is 12.5. The Balaban J connectivity index is 1.71. The molecule has 1 aliphatic rings. The second-order valence-electron chi connectivity index (χ2n) is 6.55. The summed E-state index contributed by atoms with van der Waals surface area (Å²) in [6.07, 6.45) is 2.09. The van der Waals surface area contributed by atoms with Crippen LogP contribution >= 0.6 is 11.6 Å². The number of anilines is 1. The highest BCUT2D eigenvalue weighted by molar-refractivity contribution is 7.91. The zero-order chi connectivity index (χ0) is 18.7. The Morgan fingerprint density at radius 1 is 1.38 bits per heavy atom. The number of benzene rings is 1. The van der Waals surface area contributed by atoms with Crippen molar-refractivity contribution in [2.45, 2.75) is 25.9 Å². The van der Waals surface area contributed by atoms with E-state index in [1.54, 1.807) is 30.5 Å². The number of hydrogen-bond donors (Lipinski definition) is 1. The Bertz CT molecular complexity index is 881. The van der Waals surface area contributed by atoms with E-state index in [0.29, 0.717) is 29.4 Å². The van der Waals surface area contributed by atoms with Crippen LogP contribution in [-0.4, -0.2) is 43.3 Å². The van der Waals surface area contributed by atoms with Gasteiger partial charge in [0, 0.05) is 16.8 Å². The van der Waals surface area contributed by atoms with Crippen LogP contribution < -0.4 is 5.32 Å². The van der Waals surface area contributed by atoms with Crippen LogP contribution in [0.2, 0.25) is 5.02 Å². The van der Waals surface area contributed by atoms with Gasteiger partial charge in [0.1, 0.15) is 5.76 Å².